The zero-order valence-corrected chi connectivity index (χ0v) is 17.6. The first-order valence-electron chi connectivity index (χ1n) is 10.0. The molecule has 0 atom stereocenters. The van der Waals surface area contributed by atoms with Gasteiger partial charge in [0.1, 0.15) is 5.75 Å². The number of hydrogen-bond donors (Lipinski definition) is 0. The second-order valence-corrected chi connectivity index (χ2v) is 8.33. The molecule has 0 heterocycles. The second kappa shape index (κ2) is 9.23. The zero-order chi connectivity index (χ0) is 20.9. The molecule has 3 aromatic rings. The predicted molar refractivity (Wildman–Crippen MR) is 116 cm³/mol. The lowest BCUT2D eigenvalue weighted by molar-refractivity contribution is 0.0823. The van der Waals surface area contributed by atoms with E-state index in [1.54, 1.807) is 24.3 Å². The number of halogens is 1. The summed E-state index contributed by atoms with van der Waals surface area (Å²) in [5.41, 5.74) is 3.35. The molecule has 2 nitrogen and oxygen atoms in total. The average molecular weight is 393 g/mol. The standard InChI is InChI=1S/C26H29FO2/c1-19(2)21-11-13-22(14-12-21)26(3,4)18-28-17-20-10-15-24(27)25(16-20)29-23-8-6-5-7-9-23/h5-16,19H,17-18H2,1-4H3. The van der Waals surface area contributed by atoms with Gasteiger partial charge in [-0.1, -0.05) is 76.2 Å². The van der Waals surface area contributed by atoms with Gasteiger partial charge in [0.2, 0.25) is 0 Å². The van der Waals surface area contributed by atoms with Crippen molar-refractivity contribution in [3.8, 4) is 11.5 Å². The van der Waals surface area contributed by atoms with E-state index in [-0.39, 0.29) is 17.0 Å². The molecular formula is C26H29FO2. The van der Waals surface area contributed by atoms with Gasteiger partial charge in [-0.3, -0.25) is 0 Å². The molecule has 0 unspecified atom stereocenters. The van der Waals surface area contributed by atoms with Crippen LogP contribution >= 0.6 is 0 Å². The third-order valence-corrected chi connectivity index (χ3v) is 5.06. The molecule has 3 rings (SSSR count). The van der Waals surface area contributed by atoms with Crippen molar-refractivity contribution < 1.29 is 13.9 Å². The molecule has 0 aliphatic heterocycles. The van der Waals surface area contributed by atoms with E-state index < -0.39 is 0 Å². The van der Waals surface area contributed by atoms with Gasteiger partial charge < -0.3 is 9.47 Å². The fourth-order valence-corrected chi connectivity index (χ4v) is 3.16. The van der Waals surface area contributed by atoms with Crippen LogP contribution in [0.2, 0.25) is 0 Å². The lowest BCUT2D eigenvalue weighted by Gasteiger charge is -2.25. The molecule has 3 aromatic carbocycles. The van der Waals surface area contributed by atoms with E-state index >= 15 is 0 Å². The summed E-state index contributed by atoms with van der Waals surface area (Å²) >= 11 is 0. The van der Waals surface area contributed by atoms with Crippen LogP contribution in [0.25, 0.3) is 0 Å². The van der Waals surface area contributed by atoms with Gasteiger partial charge in [0.25, 0.3) is 0 Å². The monoisotopic (exact) mass is 392 g/mol. The lowest BCUT2D eigenvalue weighted by Crippen LogP contribution is -2.24. The summed E-state index contributed by atoms with van der Waals surface area (Å²) in [6, 6.07) is 22.8. The Morgan fingerprint density at radius 1 is 0.897 bits per heavy atom. The molecule has 0 fully saturated rings. The molecule has 0 saturated heterocycles. The minimum Gasteiger partial charge on any atom is -0.454 e. The molecule has 152 valence electrons. The number of benzene rings is 3. The van der Waals surface area contributed by atoms with Crippen LogP contribution in [-0.4, -0.2) is 6.61 Å². The van der Waals surface area contributed by atoms with Crippen molar-refractivity contribution in [2.75, 3.05) is 6.61 Å². The molecule has 29 heavy (non-hydrogen) atoms. The highest BCUT2D eigenvalue weighted by atomic mass is 19.1. The first-order chi connectivity index (χ1) is 13.8. The minimum atomic E-state index is -0.386. The van der Waals surface area contributed by atoms with Crippen molar-refractivity contribution in [1.82, 2.24) is 0 Å². The molecule has 3 heteroatoms. The van der Waals surface area contributed by atoms with Gasteiger partial charge in [0, 0.05) is 5.41 Å². The molecule has 0 N–H and O–H groups in total. The Morgan fingerprint density at radius 2 is 1.59 bits per heavy atom. The minimum absolute atomic E-state index is 0.112. The summed E-state index contributed by atoms with van der Waals surface area (Å²) in [5.74, 6) is 0.952. The van der Waals surface area contributed by atoms with Crippen LogP contribution in [0.15, 0.2) is 72.8 Å². The molecule has 0 aliphatic carbocycles. The highest BCUT2D eigenvalue weighted by Gasteiger charge is 2.21. The van der Waals surface area contributed by atoms with Crippen molar-refractivity contribution in [3.63, 3.8) is 0 Å². The summed E-state index contributed by atoms with van der Waals surface area (Å²) in [6.45, 7) is 9.71. The number of hydrogen-bond acceptors (Lipinski definition) is 2. The van der Waals surface area contributed by atoms with Crippen LogP contribution in [0.5, 0.6) is 11.5 Å². The van der Waals surface area contributed by atoms with E-state index in [0.717, 1.165) is 5.56 Å². The second-order valence-electron chi connectivity index (χ2n) is 8.33. The molecule has 0 saturated carbocycles. The van der Waals surface area contributed by atoms with Gasteiger partial charge in [-0.05, 0) is 46.9 Å². The Bertz CT molecular complexity index is 915. The quantitative estimate of drug-likeness (QED) is 0.402. The maximum Gasteiger partial charge on any atom is 0.165 e. The van der Waals surface area contributed by atoms with Crippen molar-refractivity contribution in [2.24, 2.45) is 0 Å². The van der Waals surface area contributed by atoms with E-state index in [0.29, 0.717) is 24.9 Å². The Kier molecular flexibility index (Phi) is 6.71. The van der Waals surface area contributed by atoms with Crippen molar-refractivity contribution in [2.45, 2.75) is 45.6 Å². The molecule has 0 radical (unpaired) electrons. The highest BCUT2D eigenvalue weighted by Crippen LogP contribution is 2.28. The van der Waals surface area contributed by atoms with E-state index in [1.165, 1.54) is 17.2 Å². The molecule has 0 amide bonds. The zero-order valence-electron chi connectivity index (χ0n) is 17.6. The average Bonchev–Trinajstić information content (AvgIpc) is 2.71. The highest BCUT2D eigenvalue weighted by molar-refractivity contribution is 5.35. The maximum atomic E-state index is 14.1. The Balaban J connectivity index is 1.61. The van der Waals surface area contributed by atoms with E-state index in [1.807, 2.05) is 18.2 Å². The van der Waals surface area contributed by atoms with Crippen molar-refractivity contribution in [3.05, 3.63) is 95.3 Å². The molecule has 0 aromatic heterocycles. The van der Waals surface area contributed by atoms with Crippen LogP contribution in [0, 0.1) is 5.82 Å². The Morgan fingerprint density at radius 3 is 2.24 bits per heavy atom. The van der Waals surface area contributed by atoms with Gasteiger partial charge in [-0.25, -0.2) is 4.39 Å². The summed E-state index contributed by atoms with van der Waals surface area (Å²) in [6.07, 6.45) is 0. The number of ether oxygens (including phenoxy) is 2. The largest absolute Gasteiger partial charge is 0.454 e. The normalized spacial score (nSPS) is 11.7. The van der Waals surface area contributed by atoms with Gasteiger partial charge >= 0.3 is 0 Å². The van der Waals surface area contributed by atoms with Crippen molar-refractivity contribution in [1.29, 1.82) is 0 Å². The van der Waals surface area contributed by atoms with E-state index in [9.17, 15) is 4.39 Å². The molecule has 0 spiro atoms. The molecular weight excluding hydrogens is 363 g/mol. The van der Waals surface area contributed by atoms with Gasteiger partial charge in [0.15, 0.2) is 11.6 Å². The number of para-hydroxylation sites is 1. The van der Waals surface area contributed by atoms with Crippen molar-refractivity contribution >= 4 is 0 Å². The van der Waals surface area contributed by atoms with Gasteiger partial charge in [0.05, 0.1) is 13.2 Å². The summed E-state index contributed by atoms with van der Waals surface area (Å²) in [4.78, 5) is 0. The van der Waals surface area contributed by atoms with E-state index in [4.69, 9.17) is 9.47 Å². The third kappa shape index (κ3) is 5.68. The van der Waals surface area contributed by atoms with Crippen LogP contribution in [0.4, 0.5) is 4.39 Å². The van der Waals surface area contributed by atoms with Crippen LogP contribution < -0.4 is 4.74 Å². The SMILES string of the molecule is CC(C)c1ccc(C(C)(C)COCc2ccc(F)c(Oc3ccccc3)c2)cc1. The summed E-state index contributed by atoms with van der Waals surface area (Å²) in [7, 11) is 0. The first-order valence-corrected chi connectivity index (χ1v) is 10.0. The van der Waals surface area contributed by atoms with Crippen LogP contribution in [0.1, 0.15) is 50.3 Å². The summed E-state index contributed by atoms with van der Waals surface area (Å²) in [5, 5.41) is 0. The maximum absolute atomic E-state index is 14.1. The van der Waals surface area contributed by atoms with E-state index in [2.05, 4.69) is 52.0 Å². The Hall–Kier alpha value is -2.65. The molecule has 0 bridgehead atoms. The van der Waals surface area contributed by atoms with Gasteiger partial charge in [-0.2, -0.15) is 0 Å². The topological polar surface area (TPSA) is 18.5 Å². The lowest BCUT2D eigenvalue weighted by atomic mass is 9.84. The summed E-state index contributed by atoms with van der Waals surface area (Å²) < 4.78 is 25.8. The predicted octanol–water partition coefficient (Wildman–Crippen LogP) is 7.24. The Labute approximate surface area is 173 Å². The third-order valence-electron chi connectivity index (χ3n) is 5.06. The van der Waals surface area contributed by atoms with Crippen LogP contribution in [0.3, 0.4) is 0 Å². The fraction of sp³-hybridized carbons (Fsp3) is 0.308. The molecule has 0 aliphatic rings. The van der Waals surface area contributed by atoms with Gasteiger partial charge in [-0.15, -0.1) is 0 Å². The smallest absolute Gasteiger partial charge is 0.165 e. The first kappa shape index (κ1) is 21.1. The number of rotatable bonds is 8. The fourth-order valence-electron chi connectivity index (χ4n) is 3.16. The van der Waals surface area contributed by atoms with Crippen LogP contribution in [-0.2, 0) is 16.8 Å².